The molecule has 0 atom stereocenters. The van der Waals surface area contributed by atoms with Gasteiger partial charge >= 0.3 is 0 Å². The second kappa shape index (κ2) is 6.57. The molecule has 6 heteroatoms. The molecule has 25 heavy (non-hydrogen) atoms. The second-order valence-electron chi connectivity index (χ2n) is 6.01. The summed E-state index contributed by atoms with van der Waals surface area (Å²) in [6.07, 6.45) is 1.77. The number of aromatic nitrogens is 1. The van der Waals surface area contributed by atoms with Crippen LogP contribution >= 0.6 is 0 Å². The molecule has 0 saturated carbocycles. The van der Waals surface area contributed by atoms with Gasteiger partial charge in [0.25, 0.3) is 5.91 Å². The number of anilines is 2. The Morgan fingerprint density at radius 2 is 1.96 bits per heavy atom. The van der Waals surface area contributed by atoms with Gasteiger partial charge in [0.1, 0.15) is 11.4 Å². The van der Waals surface area contributed by atoms with Gasteiger partial charge in [0.05, 0.1) is 25.1 Å². The van der Waals surface area contributed by atoms with Crippen LogP contribution in [0.15, 0.2) is 47.0 Å². The summed E-state index contributed by atoms with van der Waals surface area (Å²) >= 11 is 0. The number of rotatable bonds is 3. The molecule has 6 nitrogen and oxygen atoms in total. The molecule has 1 fully saturated rings. The Balaban J connectivity index is 1.51. The molecule has 4 rings (SSSR count). The molecule has 1 N–H and O–H groups in total. The van der Waals surface area contributed by atoms with Crippen LogP contribution in [0.3, 0.4) is 0 Å². The Morgan fingerprint density at radius 3 is 2.68 bits per heavy atom. The van der Waals surface area contributed by atoms with Gasteiger partial charge in [0.2, 0.25) is 0 Å². The number of hydrogen-bond donors (Lipinski definition) is 1. The summed E-state index contributed by atoms with van der Waals surface area (Å²) in [5, 5.41) is 3.75. The smallest absolute Gasteiger partial charge is 0.292 e. The van der Waals surface area contributed by atoms with Crippen molar-refractivity contribution in [1.29, 1.82) is 0 Å². The molecule has 1 aliphatic heterocycles. The quantitative estimate of drug-likeness (QED) is 0.795. The van der Waals surface area contributed by atoms with Crippen LogP contribution in [0, 0.1) is 6.92 Å². The van der Waals surface area contributed by atoms with E-state index in [4.69, 9.17) is 9.15 Å². The lowest BCUT2D eigenvalue weighted by Gasteiger charge is -2.28. The van der Waals surface area contributed by atoms with Gasteiger partial charge in [0.15, 0.2) is 5.76 Å². The van der Waals surface area contributed by atoms with E-state index in [2.05, 4.69) is 15.2 Å². The van der Waals surface area contributed by atoms with Crippen LogP contribution in [0.25, 0.3) is 11.0 Å². The normalized spacial score (nSPS) is 14.7. The molecule has 0 aliphatic carbocycles. The topological polar surface area (TPSA) is 67.6 Å². The molecule has 1 amide bonds. The van der Waals surface area contributed by atoms with Crippen LogP contribution in [-0.4, -0.2) is 37.2 Å². The maximum absolute atomic E-state index is 12.5. The lowest BCUT2D eigenvalue weighted by Crippen LogP contribution is -2.36. The number of ether oxygens (including phenoxy) is 1. The summed E-state index contributed by atoms with van der Waals surface area (Å²) in [5.41, 5.74) is 2.57. The third kappa shape index (κ3) is 3.08. The first-order valence-electron chi connectivity index (χ1n) is 8.30. The predicted molar refractivity (Wildman–Crippen MR) is 96.2 cm³/mol. The molecule has 1 aliphatic rings. The number of morpholine rings is 1. The first-order valence-corrected chi connectivity index (χ1v) is 8.30. The zero-order valence-electron chi connectivity index (χ0n) is 14.0. The van der Waals surface area contributed by atoms with Crippen molar-refractivity contribution in [3.63, 3.8) is 0 Å². The number of benzene rings is 1. The van der Waals surface area contributed by atoms with E-state index < -0.39 is 0 Å². The van der Waals surface area contributed by atoms with Crippen LogP contribution in [0.5, 0.6) is 0 Å². The molecule has 1 saturated heterocycles. The van der Waals surface area contributed by atoms with Crippen molar-refractivity contribution in [2.45, 2.75) is 6.92 Å². The first kappa shape index (κ1) is 15.7. The molecule has 0 radical (unpaired) electrons. The van der Waals surface area contributed by atoms with Gasteiger partial charge in [0, 0.05) is 24.0 Å². The Labute approximate surface area is 145 Å². The third-order valence-corrected chi connectivity index (χ3v) is 4.42. The minimum atomic E-state index is -0.291. The molecule has 0 unspecified atom stereocenters. The highest BCUT2D eigenvalue weighted by Gasteiger charge is 2.18. The highest BCUT2D eigenvalue weighted by atomic mass is 16.5. The van der Waals surface area contributed by atoms with Gasteiger partial charge < -0.3 is 19.4 Å². The number of nitrogens with one attached hydrogen (secondary N) is 1. The van der Waals surface area contributed by atoms with Gasteiger partial charge in [-0.1, -0.05) is 18.2 Å². The number of aryl methyl sites for hydroxylation is 1. The maximum atomic E-state index is 12.5. The monoisotopic (exact) mass is 337 g/mol. The maximum Gasteiger partial charge on any atom is 0.292 e. The number of carbonyl (C=O) groups excluding carboxylic acids is 1. The number of furan rings is 1. The summed E-state index contributed by atoms with van der Waals surface area (Å²) in [7, 11) is 0. The standard InChI is InChI=1S/C19H19N3O3/c1-13-15-4-2-3-5-16(15)25-18(13)19(23)21-17-7-6-14(12-20-17)22-8-10-24-11-9-22/h2-7,12H,8-11H2,1H3,(H,20,21,23). The number of nitrogens with zero attached hydrogens (tertiary/aromatic N) is 2. The van der Waals surface area contributed by atoms with Crippen molar-refractivity contribution >= 4 is 28.4 Å². The van der Waals surface area contributed by atoms with Crippen LogP contribution in [-0.2, 0) is 4.74 Å². The van der Waals surface area contributed by atoms with Gasteiger partial charge in [-0.2, -0.15) is 0 Å². The third-order valence-electron chi connectivity index (χ3n) is 4.42. The zero-order valence-corrected chi connectivity index (χ0v) is 14.0. The van der Waals surface area contributed by atoms with Crippen LogP contribution in [0.2, 0.25) is 0 Å². The molecule has 128 valence electrons. The van der Waals surface area contributed by atoms with Crippen LogP contribution < -0.4 is 10.2 Å². The average molecular weight is 337 g/mol. The Kier molecular flexibility index (Phi) is 4.11. The van der Waals surface area contributed by atoms with Gasteiger partial charge in [-0.3, -0.25) is 4.79 Å². The molecule has 3 heterocycles. The molecule has 1 aromatic carbocycles. The van der Waals surface area contributed by atoms with Crippen molar-refractivity contribution in [1.82, 2.24) is 4.98 Å². The highest BCUT2D eigenvalue weighted by molar-refractivity contribution is 6.06. The van der Waals surface area contributed by atoms with E-state index in [1.807, 2.05) is 37.3 Å². The van der Waals surface area contributed by atoms with E-state index in [9.17, 15) is 4.79 Å². The fraction of sp³-hybridized carbons (Fsp3) is 0.263. The molecule has 0 bridgehead atoms. The molecule has 0 spiro atoms. The number of carbonyl (C=O) groups is 1. The van der Waals surface area contributed by atoms with Crippen LogP contribution in [0.1, 0.15) is 16.1 Å². The Bertz CT molecular complexity index is 896. The molecule has 2 aromatic heterocycles. The lowest BCUT2D eigenvalue weighted by atomic mass is 10.1. The summed E-state index contributed by atoms with van der Waals surface area (Å²) in [6.45, 7) is 5.04. The Morgan fingerprint density at radius 1 is 1.16 bits per heavy atom. The Hall–Kier alpha value is -2.86. The largest absolute Gasteiger partial charge is 0.451 e. The predicted octanol–water partition coefficient (Wildman–Crippen LogP) is 3.23. The summed E-state index contributed by atoms with van der Waals surface area (Å²) < 4.78 is 11.0. The van der Waals surface area contributed by atoms with E-state index in [0.29, 0.717) is 17.2 Å². The van der Waals surface area contributed by atoms with E-state index in [0.717, 1.165) is 42.9 Å². The first-order chi connectivity index (χ1) is 12.2. The number of amides is 1. The van der Waals surface area contributed by atoms with E-state index >= 15 is 0 Å². The second-order valence-corrected chi connectivity index (χ2v) is 6.01. The van der Waals surface area contributed by atoms with E-state index in [-0.39, 0.29) is 5.91 Å². The highest BCUT2D eigenvalue weighted by Crippen LogP contribution is 2.25. The number of pyridine rings is 1. The average Bonchev–Trinajstić information content (AvgIpc) is 3.00. The van der Waals surface area contributed by atoms with E-state index in [1.54, 1.807) is 12.3 Å². The van der Waals surface area contributed by atoms with Crippen molar-refractivity contribution in [3.8, 4) is 0 Å². The fourth-order valence-corrected chi connectivity index (χ4v) is 3.03. The number of fused-ring (bicyclic) bond motifs is 1. The van der Waals surface area contributed by atoms with Gasteiger partial charge in [-0.15, -0.1) is 0 Å². The van der Waals surface area contributed by atoms with Crippen LogP contribution in [0.4, 0.5) is 11.5 Å². The summed E-state index contributed by atoms with van der Waals surface area (Å²) in [4.78, 5) is 19.1. The lowest BCUT2D eigenvalue weighted by molar-refractivity contribution is 0.0997. The molecular formula is C19H19N3O3. The van der Waals surface area contributed by atoms with Crippen molar-refractivity contribution in [2.75, 3.05) is 36.5 Å². The minimum Gasteiger partial charge on any atom is -0.451 e. The zero-order chi connectivity index (χ0) is 17.2. The molecule has 3 aromatic rings. The van der Waals surface area contributed by atoms with Gasteiger partial charge in [-0.25, -0.2) is 4.98 Å². The van der Waals surface area contributed by atoms with Gasteiger partial charge in [-0.05, 0) is 25.1 Å². The minimum absolute atomic E-state index is 0.291. The van der Waals surface area contributed by atoms with Crippen molar-refractivity contribution in [2.24, 2.45) is 0 Å². The fourth-order valence-electron chi connectivity index (χ4n) is 3.03. The SMILES string of the molecule is Cc1c(C(=O)Nc2ccc(N3CCOCC3)cn2)oc2ccccc12. The van der Waals surface area contributed by atoms with Crippen molar-refractivity contribution in [3.05, 3.63) is 53.9 Å². The van der Waals surface area contributed by atoms with Crippen molar-refractivity contribution < 1.29 is 13.9 Å². The summed E-state index contributed by atoms with van der Waals surface area (Å²) in [6, 6.07) is 11.4. The number of para-hydroxylation sites is 1. The number of hydrogen-bond acceptors (Lipinski definition) is 5. The van der Waals surface area contributed by atoms with E-state index in [1.165, 1.54) is 0 Å². The summed E-state index contributed by atoms with van der Waals surface area (Å²) in [5.74, 6) is 0.530. The molecular weight excluding hydrogens is 318 g/mol.